The van der Waals surface area contributed by atoms with E-state index in [1.165, 1.54) is 0 Å². The minimum Gasteiger partial charge on any atom is -0.491 e. The van der Waals surface area contributed by atoms with E-state index in [2.05, 4.69) is 26.4 Å². The molecule has 0 saturated heterocycles. The molecular formula is C30H29N7O3. The Morgan fingerprint density at radius 2 is 2.00 bits per heavy atom. The van der Waals surface area contributed by atoms with E-state index in [-0.39, 0.29) is 12.5 Å². The highest BCUT2D eigenvalue weighted by Gasteiger charge is 2.32. The first kappa shape index (κ1) is 25.7. The second kappa shape index (κ2) is 10.5. The standard InChI is InChI=1S/C30H29N7O3/c1-31-14-22(38)16-40-23-8-6-19-15-37(30(39)25(19)13-23)28-11-20(10-27(34-28)18-4-5-18)24-9-7-21(32-2)12-26(24)29-35-33-17-36(29)3/h6-13,17-18,22,31,38H,4-5,14-16H2,1,3H3/t22-/m1/s1. The topological polar surface area (TPSA) is 110 Å². The summed E-state index contributed by atoms with van der Waals surface area (Å²) >= 11 is 0. The molecule has 0 unspecified atom stereocenters. The van der Waals surface area contributed by atoms with E-state index >= 15 is 0 Å². The van der Waals surface area contributed by atoms with Crippen molar-refractivity contribution in [2.75, 3.05) is 25.1 Å². The molecule has 3 heterocycles. The van der Waals surface area contributed by atoms with Crippen molar-refractivity contribution >= 4 is 17.4 Å². The van der Waals surface area contributed by atoms with Crippen LogP contribution >= 0.6 is 0 Å². The van der Waals surface area contributed by atoms with Crippen LogP contribution in [0.4, 0.5) is 11.5 Å². The SMILES string of the molecule is [C-]#[N+]c1ccc(-c2cc(C3CC3)nc(N3Cc4ccc(OC[C@H](O)CNC)cc4C3=O)c2)c(-c2nncn2C)c1. The number of aliphatic hydroxyl groups excluding tert-OH is 1. The number of aromatic nitrogens is 4. The van der Waals surface area contributed by atoms with Gasteiger partial charge in [0.05, 0.1) is 13.1 Å². The summed E-state index contributed by atoms with van der Waals surface area (Å²) in [5, 5.41) is 21.2. The first-order chi connectivity index (χ1) is 19.4. The summed E-state index contributed by atoms with van der Waals surface area (Å²) in [6.07, 6.45) is 3.12. The molecule has 1 saturated carbocycles. The van der Waals surface area contributed by atoms with Crippen LogP contribution in [0.3, 0.4) is 0 Å². The number of benzene rings is 2. The molecule has 0 radical (unpaired) electrons. The molecule has 2 aromatic heterocycles. The number of likely N-dealkylation sites (N-methyl/N-ethyl adjacent to an activating group) is 1. The van der Waals surface area contributed by atoms with Gasteiger partial charge >= 0.3 is 0 Å². The zero-order valence-electron chi connectivity index (χ0n) is 22.3. The molecule has 1 aliphatic heterocycles. The molecule has 10 heteroatoms. The van der Waals surface area contributed by atoms with Crippen molar-refractivity contribution < 1.29 is 14.6 Å². The number of hydrogen-bond donors (Lipinski definition) is 2. The predicted molar refractivity (Wildman–Crippen MR) is 150 cm³/mol. The van der Waals surface area contributed by atoms with Gasteiger partial charge in [0.25, 0.3) is 5.91 Å². The third kappa shape index (κ3) is 4.93. The lowest BCUT2D eigenvalue weighted by atomic mass is 9.97. The second-order valence-corrected chi connectivity index (χ2v) is 10.3. The lowest BCUT2D eigenvalue weighted by Gasteiger charge is -2.18. The molecule has 2 aromatic carbocycles. The number of carbonyl (C=O) groups excluding carboxylic acids is 1. The summed E-state index contributed by atoms with van der Waals surface area (Å²) in [5.74, 6) is 2.01. The summed E-state index contributed by atoms with van der Waals surface area (Å²) in [6, 6.07) is 15.0. The highest BCUT2D eigenvalue weighted by molar-refractivity contribution is 6.10. The van der Waals surface area contributed by atoms with E-state index in [4.69, 9.17) is 16.3 Å². The van der Waals surface area contributed by atoms with Gasteiger partial charge in [-0.2, -0.15) is 0 Å². The number of aryl methyl sites for hydroxylation is 1. The summed E-state index contributed by atoms with van der Waals surface area (Å²) in [5.41, 5.74) is 5.54. The van der Waals surface area contributed by atoms with Crippen LogP contribution in [0.25, 0.3) is 27.4 Å². The van der Waals surface area contributed by atoms with Crippen molar-refractivity contribution in [2.24, 2.45) is 7.05 Å². The minimum atomic E-state index is -0.645. The first-order valence-electron chi connectivity index (χ1n) is 13.2. The average Bonchev–Trinajstić information content (AvgIpc) is 3.66. The van der Waals surface area contributed by atoms with Gasteiger partial charge in [-0.3, -0.25) is 9.69 Å². The number of anilines is 1. The third-order valence-corrected chi connectivity index (χ3v) is 7.27. The number of amides is 1. The maximum Gasteiger partial charge on any atom is 0.260 e. The number of nitrogens with zero attached hydrogens (tertiary/aromatic N) is 6. The van der Waals surface area contributed by atoms with Gasteiger partial charge in [-0.15, -0.1) is 10.2 Å². The normalized spacial score (nSPS) is 15.2. The predicted octanol–water partition coefficient (Wildman–Crippen LogP) is 4.09. The molecule has 1 atom stereocenters. The Bertz CT molecular complexity index is 1640. The molecule has 40 heavy (non-hydrogen) atoms. The van der Waals surface area contributed by atoms with Crippen molar-refractivity contribution in [3.8, 4) is 28.3 Å². The molecule has 4 aromatic rings. The van der Waals surface area contributed by atoms with Crippen molar-refractivity contribution in [1.29, 1.82) is 0 Å². The Labute approximate surface area is 232 Å². The molecule has 1 fully saturated rings. The smallest absolute Gasteiger partial charge is 0.260 e. The number of aliphatic hydroxyl groups is 1. The van der Waals surface area contributed by atoms with Gasteiger partial charge in [-0.05, 0) is 66.9 Å². The Morgan fingerprint density at radius 3 is 2.73 bits per heavy atom. The molecule has 0 bridgehead atoms. The molecular weight excluding hydrogens is 506 g/mol. The molecule has 1 aliphatic carbocycles. The van der Waals surface area contributed by atoms with Crippen LogP contribution in [0.15, 0.2) is 54.9 Å². The fraction of sp³-hybridized carbons (Fsp3) is 0.300. The lowest BCUT2D eigenvalue weighted by molar-refractivity contribution is 0.0994. The van der Waals surface area contributed by atoms with E-state index < -0.39 is 6.10 Å². The quantitative estimate of drug-likeness (QED) is 0.311. The summed E-state index contributed by atoms with van der Waals surface area (Å²) in [4.78, 5) is 23.9. The van der Waals surface area contributed by atoms with Crippen LogP contribution in [0.5, 0.6) is 5.75 Å². The Balaban J connectivity index is 1.36. The maximum atomic E-state index is 13.6. The molecule has 6 rings (SSSR count). The number of carbonyl (C=O) groups is 1. The zero-order chi connectivity index (χ0) is 27.8. The second-order valence-electron chi connectivity index (χ2n) is 10.3. The van der Waals surface area contributed by atoms with E-state index in [1.807, 2.05) is 41.9 Å². The van der Waals surface area contributed by atoms with Crippen LogP contribution in [0.1, 0.15) is 40.4 Å². The number of pyridine rings is 1. The Morgan fingerprint density at radius 1 is 1.15 bits per heavy atom. The van der Waals surface area contributed by atoms with E-state index in [1.54, 1.807) is 30.4 Å². The number of hydrogen-bond acceptors (Lipinski definition) is 7. The molecule has 0 spiro atoms. The van der Waals surface area contributed by atoms with E-state index in [0.29, 0.717) is 47.7 Å². The van der Waals surface area contributed by atoms with Crippen LogP contribution in [0.2, 0.25) is 0 Å². The lowest BCUT2D eigenvalue weighted by Crippen LogP contribution is -2.29. The maximum absolute atomic E-state index is 13.6. The summed E-state index contributed by atoms with van der Waals surface area (Å²) in [6.45, 7) is 8.47. The highest BCUT2D eigenvalue weighted by Crippen LogP contribution is 2.43. The summed E-state index contributed by atoms with van der Waals surface area (Å²) < 4.78 is 7.57. The zero-order valence-corrected chi connectivity index (χ0v) is 22.3. The number of ether oxygens (including phenoxy) is 1. The molecule has 2 N–H and O–H groups in total. The third-order valence-electron chi connectivity index (χ3n) is 7.27. The van der Waals surface area contributed by atoms with Crippen LogP contribution < -0.4 is 15.0 Å². The largest absolute Gasteiger partial charge is 0.491 e. The van der Waals surface area contributed by atoms with Gasteiger partial charge in [0.1, 0.15) is 30.6 Å². The van der Waals surface area contributed by atoms with E-state index in [9.17, 15) is 9.90 Å². The van der Waals surface area contributed by atoms with Gasteiger partial charge in [-0.25, -0.2) is 9.83 Å². The molecule has 2 aliphatic rings. The fourth-order valence-electron chi connectivity index (χ4n) is 5.03. The monoisotopic (exact) mass is 535 g/mol. The Kier molecular flexibility index (Phi) is 6.76. The van der Waals surface area contributed by atoms with Crippen LogP contribution in [-0.2, 0) is 13.6 Å². The number of nitrogens with one attached hydrogen (secondary N) is 1. The highest BCUT2D eigenvalue weighted by atomic mass is 16.5. The molecule has 1 amide bonds. The molecule has 202 valence electrons. The van der Waals surface area contributed by atoms with Gasteiger partial charge in [0.15, 0.2) is 11.5 Å². The molecule has 10 nitrogen and oxygen atoms in total. The van der Waals surface area contributed by atoms with Crippen molar-refractivity contribution in [2.45, 2.75) is 31.4 Å². The van der Waals surface area contributed by atoms with Crippen molar-refractivity contribution in [3.05, 3.63) is 83.1 Å². The number of rotatable bonds is 9. The summed E-state index contributed by atoms with van der Waals surface area (Å²) in [7, 11) is 3.64. The average molecular weight is 536 g/mol. The van der Waals surface area contributed by atoms with Gasteiger partial charge < -0.3 is 19.7 Å². The van der Waals surface area contributed by atoms with Gasteiger partial charge in [0.2, 0.25) is 0 Å². The van der Waals surface area contributed by atoms with Gasteiger partial charge in [-0.1, -0.05) is 18.2 Å². The van der Waals surface area contributed by atoms with Crippen LogP contribution in [-0.4, -0.2) is 57.1 Å². The van der Waals surface area contributed by atoms with E-state index in [0.717, 1.165) is 40.8 Å². The Hall–Kier alpha value is -4.59. The van der Waals surface area contributed by atoms with Gasteiger partial charge in [0, 0.05) is 36.3 Å². The van der Waals surface area contributed by atoms with Crippen molar-refractivity contribution in [3.63, 3.8) is 0 Å². The first-order valence-corrected chi connectivity index (χ1v) is 13.2. The van der Waals surface area contributed by atoms with Crippen LogP contribution in [0, 0.1) is 6.57 Å². The number of fused-ring (bicyclic) bond motifs is 1. The minimum absolute atomic E-state index is 0.131. The van der Waals surface area contributed by atoms with Crippen molar-refractivity contribution in [1.82, 2.24) is 25.1 Å². The fourth-order valence-corrected chi connectivity index (χ4v) is 5.03.